The van der Waals surface area contributed by atoms with Crippen LogP contribution in [-0.2, 0) is 0 Å². The van der Waals surface area contributed by atoms with Crippen molar-refractivity contribution in [3.63, 3.8) is 0 Å². The van der Waals surface area contributed by atoms with Crippen molar-refractivity contribution in [2.75, 3.05) is 13.1 Å². The van der Waals surface area contributed by atoms with E-state index >= 15 is 0 Å². The van der Waals surface area contributed by atoms with Gasteiger partial charge in [-0.25, -0.2) is 0 Å². The van der Waals surface area contributed by atoms with Gasteiger partial charge in [0.1, 0.15) is 5.69 Å². The van der Waals surface area contributed by atoms with E-state index in [0.717, 1.165) is 25.9 Å². The number of nitrogens with one attached hydrogen (secondary N) is 2. The number of rotatable bonds is 3. The molecule has 1 amide bonds. The molecule has 5 nitrogen and oxygen atoms in total. The van der Waals surface area contributed by atoms with Crippen molar-refractivity contribution < 1.29 is 4.79 Å². The highest BCUT2D eigenvalue weighted by molar-refractivity contribution is 5.92. The molecule has 0 saturated carbocycles. The van der Waals surface area contributed by atoms with Gasteiger partial charge in [-0.15, -0.1) is 12.4 Å². The van der Waals surface area contributed by atoms with E-state index in [-0.39, 0.29) is 30.4 Å². The lowest BCUT2D eigenvalue weighted by Gasteiger charge is -2.23. The average molecular weight is 273 g/mol. The fourth-order valence-electron chi connectivity index (χ4n) is 1.98. The Kier molecular flexibility index (Phi) is 5.62. The Labute approximate surface area is 114 Å². The maximum Gasteiger partial charge on any atom is 0.272 e. The summed E-state index contributed by atoms with van der Waals surface area (Å²) in [5.74, 6) is -0.0712. The SMILES string of the molecule is CC(C)n1ccc(C(=O)N[C@H]2CCCNC2)n1.Cl. The minimum absolute atomic E-state index is 0. The van der Waals surface area contributed by atoms with Gasteiger partial charge >= 0.3 is 0 Å². The molecule has 1 aliphatic heterocycles. The number of nitrogens with zero attached hydrogens (tertiary/aromatic N) is 2. The van der Waals surface area contributed by atoms with E-state index in [0.29, 0.717) is 5.69 Å². The highest BCUT2D eigenvalue weighted by Gasteiger charge is 2.17. The van der Waals surface area contributed by atoms with Gasteiger partial charge in [-0.05, 0) is 39.3 Å². The fourth-order valence-corrected chi connectivity index (χ4v) is 1.98. The maximum atomic E-state index is 11.9. The minimum atomic E-state index is -0.0712. The Hall–Kier alpha value is -1.07. The van der Waals surface area contributed by atoms with Crippen molar-refractivity contribution in [1.29, 1.82) is 0 Å². The zero-order chi connectivity index (χ0) is 12.3. The van der Waals surface area contributed by atoms with E-state index in [4.69, 9.17) is 0 Å². The Bertz CT molecular complexity index is 385. The molecule has 102 valence electrons. The third kappa shape index (κ3) is 3.71. The van der Waals surface area contributed by atoms with Crippen LogP contribution in [-0.4, -0.2) is 34.8 Å². The Balaban J connectivity index is 0.00000162. The maximum absolute atomic E-state index is 11.9. The lowest BCUT2D eigenvalue weighted by molar-refractivity contribution is 0.0924. The molecule has 0 radical (unpaired) electrons. The highest BCUT2D eigenvalue weighted by Crippen LogP contribution is 2.06. The number of piperidine rings is 1. The first kappa shape index (κ1) is 15.0. The van der Waals surface area contributed by atoms with Gasteiger partial charge in [0.05, 0.1) is 0 Å². The van der Waals surface area contributed by atoms with E-state index in [1.807, 2.05) is 20.0 Å². The second-order valence-corrected chi connectivity index (χ2v) is 4.79. The van der Waals surface area contributed by atoms with Crippen LogP contribution in [0.3, 0.4) is 0 Å². The van der Waals surface area contributed by atoms with Crippen LogP contribution >= 0.6 is 12.4 Å². The quantitative estimate of drug-likeness (QED) is 0.874. The Morgan fingerprint density at radius 2 is 2.39 bits per heavy atom. The predicted octanol–water partition coefficient (Wildman–Crippen LogP) is 1.37. The molecule has 1 saturated heterocycles. The topological polar surface area (TPSA) is 59.0 Å². The van der Waals surface area contributed by atoms with Crippen LogP contribution < -0.4 is 10.6 Å². The molecule has 0 aliphatic carbocycles. The van der Waals surface area contributed by atoms with Crippen LogP contribution in [0.15, 0.2) is 12.3 Å². The Morgan fingerprint density at radius 3 is 2.94 bits per heavy atom. The summed E-state index contributed by atoms with van der Waals surface area (Å²) in [6.07, 6.45) is 4.01. The second-order valence-electron chi connectivity index (χ2n) is 4.79. The third-order valence-electron chi connectivity index (χ3n) is 3.00. The molecule has 1 aromatic rings. The van der Waals surface area contributed by atoms with Gasteiger partial charge < -0.3 is 10.6 Å². The van der Waals surface area contributed by atoms with Gasteiger partial charge in [-0.3, -0.25) is 9.48 Å². The first-order chi connectivity index (χ1) is 8.16. The summed E-state index contributed by atoms with van der Waals surface area (Å²) in [6.45, 7) is 5.99. The Morgan fingerprint density at radius 1 is 1.61 bits per heavy atom. The first-order valence-corrected chi connectivity index (χ1v) is 6.23. The van der Waals surface area contributed by atoms with Crippen LogP contribution in [0.2, 0.25) is 0 Å². The number of aromatic nitrogens is 2. The lowest BCUT2D eigenvalue weighted by atomic mass is 10.1. The molecule has 2 N–H and O–H groups in total. The van der Waals surface area contributed by atoms with Crippen molar-refractivity contribution in [3.05, 3.63) is 18.0 Å². The van der Waals surface area contributed by atoms with Crippen LogP contribution in [0.4, 0.5) is 0 Å². The molecule has 6 heteroatoms. The average Bonchev–Trinajstić information content (AvgIpc) is 2.79. The smallest absolute Gasteiger partial charge is 0.272 e. The van der Waals surface area contributed by atoms with Crippen molar-refractivity contribution in [3.8, 4) is 0 Å². The number of carbonyl (C=O) groups is 1. The van der Waals surface area contributed by atoms with E-state index in [2.05, 4.69) is 15.7 Å². The lowest BCUT2D eigenvalue weighted by Crippen LogP contribution is -2.45. The van der Waals surface area contributed by atoms with Crippen LogP contribution in [0.25, 0.3) is 0 Å². The standard InChI is InChI=1S/C12H20N4O.ClH/c1-9(2)16-7-5-11(15-16)12(17)14-10-4-3-6-13-8-10;/h5,7,9-10,13H,3-4,6,8H2,1-2H3,(H,14,17);1H/t10-;/m0./s1. The number of carbonyl (C=O) groups excluding carboxylic acids is 1. The molecule has 1 fully saturated rings. The summed E-state index contributed by atoms with van der Waals surface area (Å²) in [5.41, 5.74) is 0.504. The number of amides is 1. The summed E-state index contributed by atoms with van der Waals surface area (Å²) in [7, 11) is 0. The van der Waals surface area contributed by atoms with Crippen molar-refractivity contribution >= 4 is 18.3 Å². The zero-order valence-electron chi connectivity index (χ0n) is 10.8. The summed E-state index contributed by atoms with van der Waals surface area (Å²) >= 11 is 0. The summed E-state index contributed by atoms with van der Waals surface area (Å²) in [4.78, 5) is 11.9. The monoisotopic (exact) mass is 272 g/mol. The van der Waals surface area contributed by atoms with Crippen molar-refractivity contribution in [1.82, 2.24) is 20.4 Å². The molecular formula is C12H21ClN4O. The summed E-state index contributed by atoms with van der Waals surface area (Å²) < 4.78 is 1.80. The van der Waals surface area contributed by atoms with E-state index in [9.17, 15) is 4.79 Å². The van der Waals surface area contributed by atoms with E-state index in [1.54, 1.807) is 10.7 Å². The van der Waals surface area contributed by atoms with Gasteiger partial charge in [0.2, 0.25) is 0 Å². The van der Waals surface area contributed by atoms with E-state index < -0.39 is 0 Å². The molecule has 1 aromatic heterocycles. The van der Waals surface area contributed by atoms with Gasteiger partial charge in [-0.1, -0.05) is 0 Å². The third-order valence-corrected chi connectivity index (χ3v) is 3.00. The van der Waals surface area contributed by atoms with Crippen LogP contribution in [0.1, 0.15) is 43.2 Å². The summed E-state index contributed by atoms with van der Waals surface area (Å²) in [6, 6.07) is 2.29. The molecule has 0 unspecified atom stereocenters. The number of hydrogen-bond acceptors (Lipinski definition) is 3. The highest BCUT2D eigenvalue weighted by atomic mass is 35.5. The second kappa shape index (κ2) is 6.75. The molecule has 18 heavy (non-hydrogen) atoms. The normalized spacial score (nSPS) is 19.4. The molecule has 2 heterocycles. The molecule has 0 spiro atoms. The first-order valence-electron chi connectivity index (χ1n) is 6.23. The number of halogens is 1. The molecule has 1 atom stereocenters. The molecule has 0 bridgehead atoms. The van der Waals surface area contributed by atoms with Gasteiger partial charge in [-0.2, -0.15) is 5.10 Å². The van der Waals surface area contributed by atoms with Crippen molar-refractivity contribution in [2.45, 2.75) is 38.8 Å². The molecule has 2 rings (SSSR count). The minimum Gasteiger partial charge on any atom is -0.347 e. The molecular weight excluding hydrogens is 252 g/mol. The summed E-state index contributed by atoms with van der Waals surface area (Å²) in [5, 5.41) is 10.5. The van der Waals surface area contributed by atoms with E-state index in [1.165, 1.54) is 0 Å². The zero-order valence-corrected chi connectivity index (χ0v) is 11.7. The van der Waals surface area contributed by atoms with Gasteiger partial charge in [0, 0.05) is 24.8 Å². The predicted molar refractivity (Wildman–Crippen MR) is 73.2 cm³/mol. The van der Waals surface area contributed by atoms with Crippen LogP contribution in [0.5, 0.6) is 0 Å². The van der Waals surface area contributed by atoms with Crippen molar-refractivity contribution in [2.24, 2.45) is 0 Å². The molecule has 0 aromatic carbocycles. The largest absolute Gasteiger partial charge is 0.347 e. The van der Waals surface area contributed by atoms with Gasteiger partial charge in [0.15, 0.2) is 0 Å². The fraction of sp³-hybridized carbons (Fsp3) is 0.667. The number of hydrogen-bond donors (Lipinski definition) is 2. The molecule has 1 aliphatic rings. The van der Waals surface area contributed by atoms with Gasteiger partial charge in [0.25, 0.3) is 5.91 Å². The van der Waals surface area contributed by atoms with Crippen LogP contribution in [0, 0.1) is 0 Å².